The van der Waals surface area contributed by atoms with Crippen LogP contribution < -0.4 is 13.6 Å². The molecule has 0 aromatic heterocycles. The van der Waals surface area contributed by atoms with Crippen LogP contribution >= 0.6 is 0 Å². The van der Waals surface area contributed by atoms with Crippen LogP contribution in [0.4, 0.5) is 26.3 Å². The van der Waals surface area contributed by atoms with Gasteiger partial charge in [0.2, 0.25) is 0 Å². The molecule has 27 heavy (non-hydrogen) atoms. The van der Waals surface area contributed by atoms with Crippen molar-refractivity contribution in [3.8, 4) is 11.5 Å². The van der Waals surface area contributed by atoms with Crippen LogP contribution in [-0.2, 0) is 20.2 Å². The lowest BCUT2D eigenvalue weighted by Crippen LogP contribution is -2.43. The molecule has 1 aromatic carbocycles. The van der Waals surface area contributed by atoms with E-state index in [1.807, 2.05) is 0 Å². The molecule has 0 aliphatic rings. The number of alkyl halides is 6. The van der Waals surface area contributed by atoms with Crippen LogP contribution in [0.5, 0.6) is 11.5 Å². The molecular formula is C12H14F6O6S2Si. The van der Waals surface area contributed by atoms with Gasteiger partial charge in [-0.25, -0.2) is 0 Å². The zero-order valence-corrected chi connectivity index (χ0v) is 16.8. The molecule has 6 nitrogen and oxygen atoms in total. The van der Waals surface area contributed by atoms with Crippen molar-refractivity contribution >= 4 is 33.5 Å². The van der Waals surface area contributed by atoms with E-state index < -0.39 is 56.0 Å². The molecule has 0 atom stereocenters. The fourth-order valence-electron chi connectivity index (χ4n) is 1.88. The van der Waals surface area contributed by atoms with Gasteiger partial charge in [-0.05, 0) is 18.6 Å². The fourth-order valence-corrected chi connectivity index (χ4v) is 4.83. The van der Waals surface area contributed by atoms with Gasteiger partial charge in [0.25, 0.3) is 0 Å². The molecule has 1 aromatic rings. The first-order valence-corrected chi connectivity index (χ1v) is 13.2. The highest BCUT2D eigenvalue weighted by Crippen LogP contribution is 2.34. The van der Waals surface area contributed by atoms with Crippen molar-refractivity contribution in [1.82, 2.24) is 0 Å². The van der Waals surface area contributed by atoms with Crippen LogP contribution in [0.1, 0.15) is 5.56 Å². The van der Waals surface area contributed by atoms with E-state index in [0.29, 0.717) is 0 Å². The molecule has 0 aliphatic heterocycles. The Kier molecular flexibility index (Phi) is 5.97. The molecule has 0 spiro atoms. The van der Waals surface area contributed by atoms with Gasteiger partial charge in [-0.2, -0.15) is 43.2 Å². The summed E-state index contributed by atoms with van der Waals surface area (Å²) in [5.74, 6) is -1.87. The molecule has 0 saturated carbocycles. The number of hydrogen-bond donors (Lipinski definition) is 0. The third kappa shape index (κ3) is 5.07. The Labute approximate surface area is 152 Å². The van der Waals surface area contributed by atoms with Crippen LogP contribution in [0.15, 0.2) is 12.1 Å². The second-order valence-corrected chi connectivity index (χ2v) is 14.4. The van der Waals surface area contributed by atoms with Gasteiger partial charge in [-0.1, -0.05) is 25.7 Å². The molecule has 0 radical (unpaired) electrons. The van der Waals surface area contributed by atoms with Crippen LogP contribution in [0.2, 0.25) is 19.6 Å². The minimum atomic E-state index is -6.15. The second kappa shape index (κ2) is 6.84. The zero-order chi connectivity index (χ0) is 21.6. The maximum atomic E-state index is 12.6. The number of benzene rings is 1. The Morgan fingerprint density at radius 3 is 1.59 bits per heavy atom. The summed E-state index contributed by atoms with van der Waals surface area (Å²) in [4.78, 5) is 0. The van der Waals surface area contributed by atoms with Gasteiger partial charge >= 0.3 is 31.3 Å². The molecule has 0 bridgehead atoms. The monoisotopic (exact) mass is 460 g/mol. The van der Waals surface area contributed by atoms with Crippen LogP contribution in [0.25, 0.3) is 0 Å². The van der Waals surface area contributed by atoms with Gasteiger partial charge in [-0.3, -0.25) is 0 Å². The predicted molar refractivity (Wildman–Crippen MR) is 85.4 cm³/mol. The Balaban J connectivity index is 3.73. The molecule has 0 unspecified atom stereocenters. The van der Waals surface area contributed by atoms with Crippen LogP contribution in [0.3, 0.4) is 0 Å². The Bertz CT molecular complexity index is 929. The van der Waals surface area contributed by atoms with Gasteiger partial charge in [0.15, 0.2) is 0 Å². The van der Waals surface area contributed by atoms with E-state index in [4.69, 9.17) is 0 Å². The molecule has 0 amide bonds. The predicted octanol–water partition coefficient (Wildman–Crippen LogP) is 3.00. The number of halogens is 6. The highest BCUT2D eigenvalue weighted by Gasteiger charge is 2.51. The van der Waals surface area contributed by atoms with Gasteiger partial charge < -0.3 is 8.37 Å². The molecular weight excluding hydrogens is 446 g/mol. The van der Waals surface area contributed by atoms with Crippen molar-refractivity contribution in [3.63, 3.8) is 0 Å². The van der Waals surface area contributed by atoms with Gasteiger partial charge in [0.1, 0.15) is 11.5 Å². The zero-order valence-electron chi connectivity index (χ0n) is 14.2. The van der Waals surface area contributed by atoms with Crippen molar-refractivity contribution in [2.45, 2.75) is 37.6 Å². The maximum Gasteiger partial charge on any atom is 0.534 e. The van der Waals surface area contributed by atoms with Crippen molar-refractivity contribution < 1.29 is 51.5 Å². The molecule has 0 heterocycles. The van der Waals surface area contributed by atoms with Crippen LogP contribution in [-0.4, -0.2) is 35.9 Å². The largest absolute Gasteiger partial charge is 0.534 e. The summed E-state index contributed by atoms with van der Waals surface area (Å²) in [6.07, 6.45) is 0. The van der Waals surface area contributed by atoms with Crippen molar-refractivity contribution in [1.29, 1.82) is 0 Å². The van der Waals surface area contributed by atoms with E-state index in [2.05, 4.69) is 8.37 Å². The SMILES string of the molecule is Cc1ccc(OS(=O)(=O)C(F)(F)F)c([Si](C)(C)C)c1OS(=O)(=O)C(F)(F)F. The quantitative estimate of drug-likeness (QED) is 0.291. The molecule has 0 fully saturated rings. The summed E-state index contributed by atoms with van der Waals surface area (Å²) in [6, 6.07) is 1.67. The molecule has 0 saturated heterocycles. The van der Waals surface area contributed by atoms with Gasteiger partial charge in [0.05, 0.1) is 8.07 Å². The maximum absolute atomic E-state index is 12.6. The third-order valence-corrected chi connectivity index (χ3v) is 6.92. The summed E-state index contributed by atoms with van der Waals surface area (Å²) in [5.41, 5.74) is -11.8. The lowest BCUT2D eigenvalue weighted by molar-refractivity contribution is -0.0502. The first kappa shape index (κ1) is 23.6. The highest BCUT2D eigenvalue weighted by atomic mass is 32.2. The first-order chi connectivity index (χ1) is 11.7. The van der Waals surface area contributed by atoms with Crippen molar-refractivity contribution in [3.05, 3.63) is 17.7 Å². The van der Waals surface area contributed by atoms with E-state index in [9.17, 15) is 43.2 Å². The molecule has 0 aliphatic carbocycles. The smallest absolute Gasteiger partial charge is 0.376 e. The molecule has 0 N–H and O–H groups in total. The summed E-state index contributed by atoms with van der Waals surface area (Å²) in [7, 11) is -15.3. The summed E-state index contributed by atoms with van der Waals surface area (Å²) >= 11 is 0. The Morgan fingerprint density at radius 2 is 1.22 bits per heavy atom. The van der Waals surface area contributed by atoms with E-state index in [0.717, 1.165) is 19.1 Å². The number of hydrogen-bond acceptors (Lipinski definition) is 6. The van der Waals surface area contributed by atoms with E-state index in [1.165, 1.54) is 19.6 Å². The van der Waals surface area contributed by atoms with Crippen molar-refractivity contribution in [2.75, 3.05) is 0 Å². The van der Waals surface area contributed by atoms with E-state index >= 15 is 0 Å². The van der Waals surface area contributed by atoms with Gasteiger partial charge in [0, 0.05) is 5.19 Å². The minimum absolute atomic E-state index is 0.169. The highest BCUT2D eigenvalue weighted by molar-refractivity contribution is 7.88. The molecule has 1 rings (SSSR count). The Hall–Kier alpha value is -1.48. The average Bonchev–Trinajstić information content (AvgIpc) is 2.37. The number of aryl methyl sites for hydroxylation is 1. The fraction of sp³-hybridized carbons (Fsp3) is 0.500. The van der Waals surface area contributed by atoms with E-state index in [-0.39, 0.29) is 5.56 Å². The first-order valence-electron chi connectivity index (χ1n) is 6.86. The van der Waals surface area contributed by atoms with Crippen LogP contribution in [0, 0.1) is 6.92 Å². The lowest BCUT2D eigenvalue weighted by Gasteiger charge is -2.25. The summed E-state index contributed by atoms with van der Waals surface area (Å²) in [5, 5.41) is -0.469. The van der Waals surface area contributed by atoms with Gasteiger partial charge in [-0.15, -0.1) is 0 Å². The minimum Gasteiger partial charge on any atom is -0.376 e. The molecule has 156 valence electrons. The normalized spacial score (nSPS) is 14.1. The lowest BCUT2D eigenvalue weighted by atomic mass is 10.2. The summed E-state index contributed by atoms with van der Waals surface area (Å²) < 4.78 is 129. The van der Waals surface area contributed by atoms with E-state index in [1.54, 1.807) is 0 Å². The standard InChI is InChI=1S/C12H14F6O6S2Si/c1-7-5-6-8(23-25(19,20)11(13,14)15)10(27(2,3)4)9(7)24-26(21,22)12(16,17)18/h5-6H,1-4H3. The topological polar surface area (TPSA) is 86.7 Å². The summed E-state index contributed by atoms with van der Waals surface area (Å²) in [6.45, 7) is 5.40. The second-order valence-electron chi connectivity index (χ2n) is 6.30. The van der Waals surface area contributed by atoms with Crippen molar-refractivity contribution in [2.24, 2.45) is 0 Å². The Morgan fingerprint density at radius 1 is 0.815 bits per heavy atom. The third-order valence-electron chi connectivity index (χ3n) is 3.03. The average molecular weight is 460 g/mol. The molecule has 15 heteroatoms. The number of rotatable bonds is 5.